The Bertz CT molecular complexity index is 2810. The average Bonchev–Trinajstić information content (AvgIpc) is 3.73. The second-order valence-corrected chi connectivity index (χ2v) is 15.1. The first kappa shape index (κ1) is 30.1. The standard InChI is InChI=1S/C51H35NO/c1-50(2)42-23-13-14-24-43(42)51(40-21-11-9-19-36(40)37-20-10-12-22-41(37)51)45-30-39-38-27-34(25-26-48(38)53-49(39)31-44(45)50)47-29-35(32-15-5-3-6-16-32)28-46(52-47)33-17-7-4-8-18-33/h3-31H,1-2H3. The minimum atomic E-state index is -0.458. The van der Waals surface area contributed by atoms with Gasteiger partial charge in [-0.15, -0.1) is 0 Å². The fraction of sp³-hybridized carbons (Fsp3) is 0.0784. The van der Waals surface area contributed by atoms with Gasteiger partial charge in [0.25, 0.3) is 0 Å². The SMILES string of the molecule is CC1(C)c2ccccc2C2(c3ccccc3-c3ccccc32)c2cc3c(cc21)oc1ccc(-c2cc(-c4ccccc4)cc(-c4ccccc4)n2)cc13. The highest BCUT2D eigenvalue weighted by Crippen LogP contribution is 2.62. The first-order valence-electron chi connectivity index (χ1n) is 18.5. The molecule has 11 rings (SSSR count). The van der Waals surface area contributed by atoms with E-state index in [9.17, 15) is 0 Å². The molecule has 2 heterocycles. The average molecular weight is 678 g/mol. The van der Waals surface area contributed by atoms with Crippen molar-refractivity contribution in [1.29, 1.82) is 0 Å². The maximum Gasteiger partial charge on any atom is 0.135 e. The number of nitrogens with zero attached hydrogens (tertiary/aromatic N) is 1. The highest BCUT2D eigenvalue weighted by Gasteiger charge is 2.53. The second kappa shape index (κ2) is 11.0. The fourth-order valence-electron chi connectivity index (χ4n) is 9.50. The van der Waals surface area contributed by atoms with E-state index in [-0.39, 0.29) is 5.41 Å². The molecule has 0 saturated heterocycles. The number of hydrogen-bond donors (Lipinski definition) is 0. The summed E-state index contributed by atoms with van der Waals surface area (Å²) in [4.78, 5) is 5.26. The third-order valence-corrected chi connectivity index (χ3v) is 11.9. The Morgan fingerprint density at radius 3 is 1.60 bits per heavy atom. The molecule has 2 aliphatic rings. The van der Waals surface area contributed by atoms with Crippen LogP contribution in [-0.4, -0.2) is 4.98 Å². The van der Waals surface area contributed by atoms with E-state index in [4.69, 9.17) is 9.40 Å². The second-order valence-electron chi connectivity index (χ2n) is 15.1. The van der Waals surface area contributed by atoms with Crippen LogP contribution < -0.4 is 0 Å². The minimum absolute atomic E-state index is 0.238. The van der Waals surface area contributed by atoms with Crippen LogP contribution in [0, 0.1) is 0 Å². The smallest absolute Gasteiger partial charge is 0.135 e. The van der Waals surface area contributed by atoms with Crippen LogP contribution >= 0.6 is 0 Å². The van der Waals surface area contributed by atoms with Gasteiger partial charge in [-0.25, -0.2) is 4.98 Å². The molecule has 1 spiro atoms. The molecular weight excluding hydrogens is 643 g/mol. The van der Waals surface area contributed by atoms with Crippen molar-refractivity contribution in [1.82, 2.24) is 4.98 Å². The van der Waals surface area contributed by atoms with E-state index in [1.54, 1.807) is 0 Å². The topological polar surface area (TPSA) is 26.0 Å². The van der Waals surface area contributed by atoms with Crippen molar-refractivity contribution >= 4 is 21.9 Å². The number of fused-ring (bicyclic) bond motifs is 12. The molecule has 7 aromatic carbocycles. The first-order chi connectivity index (χ1) is 26.0. The largest absolute Gasteiger partial charge is 0.456 e. The lowest BCUT2D eigenvalue weighted by molar-refractivity contribution is 0.562. The molecular formula is C51H35NO. The summed E-state index contributed by atoms with van der Waals surface area (Å²) < 4.78 is 6.75. The predicted octanol–water partition coefficient (Wildman–Crippen LogP) is 13.0. The molecule has 0 radical (unpaired) electrons. The molecule has 0 saturated carbocycles. The van der Waals surface area contributed by atoms with Crippen LogP contribution in [0.4, 0.5) is 0 Å². The quantitative estimate of drug-likeness (QED) is 0.186. The maximum absolute atomic E-state index is 6.75. The van der Waals surface area contributed by atoms with Crippen molar-refractivity contribution in [2.75, 3.05) is 0 Å². The van der Waals surface area contributed by atoms with Gasteiger partial charge in [0.1, 0.15) is 11.2 Å². The van der Waals surface area contributed by atoms with Gasteiger partial charge in [0, 0.05) is 27.3 Å². The van der Waals surface area contributed by atoms with E-state index < -0.39 is 5.41 Å². The number of benzene rings is 7. The normalized spacial score (nSPS) is 14.5. The molecule has 0 atom stereocenters. The lowest BCUT2D eigenvalue weighted by atomic mass is 9.55. The summed E-state index contributed by atoms with van der Waals surface area (Å²) in [5.41, 5.74) is 18.1. The maximum atomic E-state index is 6.75. The number of furan rings is 1. The third kappa shape index (κ3) is 4.18. The van der Waals surface area contributed by atoms with Crippen LogP contribution in [0.2, 0.25) is 0 Å². The van der Waals surface area contributed by atoms with Gasteiger partial charge in [0.2, 0.25) is 0 Å². The van der Waals surface area contributed by atoms with Crippen molar-refractivity contribution in [2.24, 2.45) is 0 Å². The van der Waals surface area contributed by atoms with Crippen molar-refractivity contribution in [2.45, 2.75) is 24.7 Å². The molecule has 0 fully saturated rings. The van der Waals surface area contributed by atoms with Gasteiger partial charge >= 0.3 is 0 Å². The van der Waals surface area contributed by atoms with Crippen LogP contribution in [-0.2, 0) is 10.8 Å². The molecule has 53 heavy (non-hydrogen) atoms. The van der Waals surface area contributed by atoms with Crippen LogP contribution in [0.1, 0.15) is 47.2 Å². The zero-order valence-corrected chi connectivity index (χ0v) is 29.6. The predicted molar refractivity (Wildman–Crippen MR) is 217 cm³/mol. The number of aromatic nitrogens is 1. The molecule has 0 unspecified atom stereocenters. The summed E-state index contributed by atoms with van der Waals surface area (Å²) in [6.07, 6.45) is 0. The van der Waals surface area contributed by atoms with Gasteiger partial charge in [-0.2, -0.15) is 0 Å². The molecule has 0 N–H and O–H groups in total. The Hall–Kier alpha value is -6.51. The third-order valence-electron chi connectivity index (χ3n) is 11.9. The van der Waals surface area contributed by atoms with Gasteiger partial charge in [-0.1, -0.05) is 147 Å². The number of hydrogen-bond acceptors (Lipinski definition) is 2. The molecule has 250 valence electrons. The molecule has 0 amide bonds. The Balaban J connectivity index is 1.18. The summed E-state index contributed by atoms with van der Waals surface area (Å²) in [7, 11) is 0. The molecule has 0 aliphatic heterocycles. The van der Waals surface area contributed by atoms with E-state index in [0.717, 1.165) is 50.0 Å². The minimum Gasteiger partial charge on any atom is -0.456 e. The van der Waals surface area contributed by atoms with Gasteiger partial charge < -0.3 is 4.42 Å². The molecule has 2 nitrogen and oxygen atoms in total. The molecule has 2 heteroatoms. The summed E-state index contributed by atoms with van der Waals surface area (Å²) in [5.74, 6) is 0. The van der Waals surface area contributed by atoms with Crippen molar-refractivity contribution in [3.05, 3.63) is 209 Å². The van der Waals surface area contributed by atoms with E-state index in [1.165, 1.54) is 50.1 Å². The van der Waals surface area contributed by atoms with Crippen molar-refractivity contribution in [3.63, 3.8) is 0 Å². The molecule has 9 aromatic rings. The van der Waals surface area contributed by atoms with Crippen LogP contribution in [0.3, 0.4) is 0 Å². The Morgan fingerprint density at radius 1 is 0.377 bits per heavy atom. The van der Waals surface area contributed by atoms with Crippen LogP contribution in [0.15, 0.2) is 180 Å². The van der Waals surface area contributed by atoms with Crippen LogP contribution in [0.5, 0.6) is 0 Å². The molecule has 2 aliphatic carbocycles. The Kier molecular flexibility index (Phi) is 6.25. The summed E-state index contributed by atoms with van der Waals surface area (Å²) in [5, 5.41) is 2.22. The van der Waals surface area contributed by atoms with Gasteiger partial charge in [0.15, 0.2) is 0 Å². The Morgan fingerprint density at radius 2 is 0.925 bits per heavy atom. The highest BCUT2D eigenvalue weighted by molar-refractivity contribution is 6.07. The Labute approximate surface area is 309 Å². The summed E-state index contributed by atoms with van der Waals surface area (Å²) >= 11 is 0. The monoisotopic (exact) mass is 677 g/mol. The van der Waals surface area contributed by atoms with Crippen molar-refractivity contribution in [3.8, 4) is 44.8 Å². The van der Waals surface area contributed by atoms with E-state index in [1.807, 2.05) is 0 Å². The van der Waals surface area contributed by atoms with E-state index >= 15 is 0 Å². The zero-order chi connectivity index (χ0) is 35.3. The molecule has 0 bridgehead atoms. The zero-order valence-electron chi connectivity index (χ0n) is 29.6. The van der Waals surface area contributed by atoms with Crippen molar-refractivity contribution < 1.29 is 4.42 Å². The van der Waals surface area contributed by atoms with Gasteiger partial charge in [-0.05, 0) is 98.1 Å². The van der Waals surface area contributed by atoms with E-state index in [0.29, 0.717) is 0 Å². The first-order valence-corrected chi connectivity index (χ1v) is 18.5. The number of rotatable bonds is 3. The fourth-order valence-corrected chi connectivity index (χ4v) is 9.50. The lowest BCUT2D eigenvalue weighted by Gasteiger charge is -2.46. The van der Waals surface area contributed by atoms with Gasteiger partial charge in [0.05, 0.1) is 16.8 Å². The summed E-state index contributed by atoms with van der Waals surface area (Å²) in [6.45, 7) is 4.74. The van der Waals surface area contributed by atoms with Crippen LogP contribution in [0.25, 0.3) is 66.7 Å². The van der Waals surface area contributed by atoms with Gasteiger partial charge in [-0.3, -0.25) is 0 Å². The highest BCUT2D eigenvalue weighted by atomic mass is 16.3. The molecule has 2 aromatic heterocycles. The number of pyridine rings is 1. The lowest BCUT2D eigenvalue weighted by Crippen LogP contribution is -2.40. The summed E-state index contributed by atoms with van der Waals surface area (Å²) in [6, 6.07) is 63.9. The van der Waals surface area contributed by atoms with E-state index in [2.05, 4.69) is 190 Å².